The monoisotopic (exact) mass is 442 g/mol. The van der Waals surface area contributed by atoms with E-state index in [0.29, 0.717) is 0 Å². The van der Waals surface area contributed by atoms with Gasteiger partial charge in [0.25, 0.3) is 12.9 Å². The molecule has 112 valence electrons. The molecule has 0 N–H and O–H groups in total. The molecule has 0 spiro atoms. The predicted molar refractivity (Wildman–Crippen MR) is 82.3 cm³/mol. The second-order valence-electron chi connectivity index (χ2n) is 4.01. The van der Waals surface area contributed by atoms with Crippen molar-refractivity contribution in [1.82, 2.24) is 0 Å². The van der Waals surface area contributed by atoms with E-state index >= 15 is 0 Å². The fourth-order valence-electron chi connectivity index (χ4n) is 1.75. The maximum Gasteiger partial charge on any atom is 0.266 e. The van der Waals surface area contributed by atoms with Crippen molar-refractivity contribution in [3.63, 3.8) is 0 Å². The van der Waals surface area contributed by atoms with Crippen molar-refractivity contribution in [1.29, 1.82) is 0 Å². The Labute approximate surface area is 140 Å². The van der Waals surface area contributed by atoms with Gasteiger partial charge in [-0.15, -0.1) is 0 Å². The summed E-state index contributed by atoms with van der Waals surface area (Å²) in [7, 11) is 0. The van der Waals surface area contributed by atoms with Crippen LogP contribution in [0.3, 0.4) is 0 Å². The second-order valence-corrected chi connectivity index (χ2v) is 6.80. The predicted octanol–water partition coefficient (Wildman–Crippen LogP) is 7.24. The van der Waals surface area contributed by atoms with Gasteiger partial charge in [0.05, 0.1) is 0 Å². The zero-order valence-corrected chi connectivity index (χ0v) is 14.3. The molecule has 7 heteroatoms. The van der Waals surface area contributed by atoms with Gasteiger partial charge in [0.1, 0.15) is 0 Å². The lowest BCUT2D eigenvalue weighted by Gasteiger charge is -2.14. The summed E-state index contributed by atoms with van der Waals surface area (Å²) in [5.74, 6) is 0. The van der Waals surface area contributed by atoms with E-state index < -0.39 is 12.9 Å². The molecule has 0 heterocycles. The summed E-state index contributed by atoms with van der Waals surface area (Å²) in [5.41, 5.74) is -0.384. The van der Waals surface area contributed by atoms with Crippen molar-refractivity contribution < 1.29 is 17.6 Å². The van der Waals surface area contributed by atoms with E-state index in [-0.39, 0.29) is 29.9 Å². The van der Waals surface area contributed by atoms with E-state index in [4.69, 9.17) is 0 Å². The highest BCUT2D eigenvalue weighted by atomic mass is 79.9. The molecule has 0 bridgehead atoms. The van der Waals surface area contributed by atoms with Crippen LogP contribution in [-0.4, -0.2) is 0 Å². The number of hydrogen-bond donors (Lipinski definition) is 0. The lowest BCUT2D eigenvalue weighted by Crippen LogP contribution is -1.94. The first kappa shape index (κ1) is 16.8. The van der Waals surface area contributed by atoms with Gasteiger partial charge < -0.3 is 0 Å². The largest absolute Gasteiger partial charge is 0.266 e. The maximum absolute atomic E-state index is 13.1. The van der Waals surface area contributed by atoms with Crippen molar-refractivity contribution in [2.24, 2.45) is 0 Å². The van der Waals surface area contributed by atoms with Gasteiger partial charge in [-0.25, -0.2) is 17.6 Å². The number of rotatable bonds is 4. The van der Waals surface area contributed by atoms with E-state index in [9.17, 15) is 17.6 Å². The molecule has 0 aliphatic rings. The number of alkyl halides is 4. The van der Waals surface area contributed by atoms with Crippen LogP contribution in [0.25, 0.3) is 0 Å². The highest BCUT2D eigenvalue weighted by molar-refractivity contribution is 9.10. The highest BCUT2D eigenvalue weighted by Crippen LogP contribution is 2.43. The molecule has 0 nitrogen and oxygen atoms in total. The van der Waals surface area contributed by atoms with E-state index in [1.165, 1.54) is 24.3 Å². The molecule has 0 aliphatic carbocycles. The van der Waals surface area contributed by atoms with E-state index in [2.05, 4.69) is 31.9 Å². The lowest BCUT2D eigenvalue weighted by atomic mass is 10.2. The Hall–Kier alpha value is -0.530. The van der Waals surface area contributed by atoms with Crippen molar-refractivity contribution in [3.05, 3.63) is 56.5 Å². The molecule has 2 aromatic carbocycles. The van der Waals surface area contributed by atoms with Crippen molar-refractivity contribution in [3.8, 4) is 0 Å². The minimum Gasteiger partial charge on any atom is -0.205 e. The summed E-state index contributed by atoms with van der Waals surface area (Å²) in [5, 5.41) is 0. The number of benzene rings is 2. The second kappa shape index (κ2) is 7.15. The topological polar surface area (TPSA) is 0 Å². The summed E-state index contributed by atoms with van der Waals surface area (Å²) in [4.78, 5) is 0.499. The molecular weight excluding hydrogens is 436 g/mol. The van der Waals surface area contributed by atoms with Gasteiger partial charge in [-0.3, -0.25) is 0 Å². The normalized spacial score (nSPS) is 11.4. The van der Waals surface area contributed by atoms with Gasteiger partial charge >= 0.3 is 0 Å². The molecule has 2 rings (SSSR count). The molecule has 21 heavy (non-hydrogen) atoms. The standard InChI is InChI=1S/C14H8Br2F4S/c15-7-3-1-5-9(11(7)13(17)18)21-10-6-2-4-8(16)12(10)14(19)20/h1-6,13-14H. The molecule has 0 atom stereocenters. The first-order chi connectivity index (χ1) is 9.91. The zero-order chi connectivity index (χ0) is 15.6. The smallest absolute Gasteiger partial charge is 0.205 e. The van der Waals surface area contributed by atoms with E-state index in [1.807, 2.05) is 0 Å². The Kier molecular flexibility index (Phi) is 5.73. The summed E-state index contributed by atoms with van der Waals surface area (Å²) in [6.07, 6.45) is -5.38. The third-order valence-electron chi connectivity index (χ3n) is 2.68. The van der Waals surface area contributed by atoms with Gasteiger partial charge in [0.2, 0.25) is 0 Å². The fraction of sp³-hybridized carbons (Fsp3) is 0.143. The van der Waals surface area contributed by atoms with Gasteiger partial charge in [0, 0.05) is 29.9 Å². The highest BCUT2D eigenvalue weighted by Gasteiger charge is 2.21. The van der Waals surface area contributed by atoms with Crippen LogP contribution in [0.4, 0.5) is 17.6 Å². The molecule has 0 aromatic heterocycles. The summed E-state index contributed by atoms with van der Waals surface area (Å²) >= 11 is 7.05. The van der Waals surface area contributed by atoms with Crippen LogP contribution in [0.5, 0.6) is 0 Å². The van der Waals surface area contributed by atoms with Crippen LogP contribution in [-0.2, 0) is 0 Å². The van der Waals surface area contributed by atoms with Crippen LogP contribution in [0, 0.1) is 0 Å². The Morgan fingerprint density at radius 1 is 0.714 bits per heavy atom. The van der Waals surface area contributed by atoms with Crippen molar-refractivity contribution >= 4 is 43.6 Å². The maximum atomic E-state index is 13.1. The molecular formula is C14H8Br2F4S. The third kappa shape index (κ3) is 3.81. The summed E-state index contributed by atoms with van der Waals surface area (Å²) < 4.78 is 53.0. The Morgan fingerprint density at radius 2 is 1.10 bits per heavy atom. The quantitative estimate of drug-likeness (QED) is 0.449. The molecule has 0 saturated heterocycles. The van der Waals surface area contributed by atoms with Crippen molar-refractivity contribution in [2.75, 3.05) is 0 Å². The molecule has 0 radical (unpaired) electrons. The van der Waals surface area contributed by atoms with Crippen LogP contribution in [0.1, 0.15) is 24.0 Å². The summed E-state index contributed by atoms with van der Waals surface area (Å²) in [6.45, 7) is 0. The van der Waals surface area contributed by atoms with Crippen LogP contribution in [0.15, 0.2) is 55.1 Å². The van der Waals surface area contributed by atoms with Crippen LogP contribution in [0.2, 0.25) is 0 Å². The zero-order valence-electron chi connectivity index (χ0n) is 10.3. The Balaban J connectivity index is 2.49. The van der Waals surface area contributed by atoms with Gasteiger partial charge in [-0.2, -0.15) is 0 Å². The average Bonchev–Trinajstić information content (AvgIpc) is 2.37. The first-order valence-corrected chi connectivity index (χ1v) is 8.13. The fourth-order valence-corrected chi connectivity index (χ4v) is 4.24. The molecule has 0 aliphatic heterocycles. The summed E-state index contributed by atoms with van der Waals surface area (Å²) in [6, 6.07) is 9.18. The Morgan fingerprint density at radius 3 is 1.43 bits per heavy atom. The van der Waals surface area contributed by atoms with Gasteiger partial charge in [-0.1, -0.05) is 55.8 Å². The number of halogens is 6. The Bertz CT molecular complexity index is 591. The van der Waals surface area contributed by atoms with Gasteiger partial charge in [-0.05, 0) is 24.3 Å². The first-order valence-electron chi connectivity index (χ1n) is 5.72. The van der Waals surface area contributed by atoms with Gasteiger partial charge in [0.15, 0.2) is 0 Å². The molecule has 2 aromatic rings. The molecule has 0 amide bonds. The molecule has 0 unspecified atom stereocenters. The third-order valence-corrected chi connectivity index (χ3v) is 5.22. The average molecular weight is 444 g/mol. The van der Waals surface area contributed by atoms with E-state index in [0.717, 1.165) is 11.8 Å². The van der Waals surface area contributed by atoms with Crippen molar-refractivity contribution in [2.45, 2.75) is 22.6 Å². The van der Waals surface area contributed by atoms with Crippen LogP contribution >= 0.6 is 43.6 Å². The molecule has 0 fully saturated rings. The SMILES string of the molecule is FC(F)c1c(Br)cccc1Sc1cccc(Br)c1C(F)F. The lowest BCUT2D eigenvalue weighted by molar-refractivity contribution is 0.147. The van der Waals surface area contributed by atoms with E-state index in [1.54, 1.807) is 12.1 Å². The number of hydrogen-bond acceptors (Lipinski definition) is 1. The molecule has 0 saturated carbocycles. The minimum absolute atomic E-state index is 0.192. The van der Waals surface area contributed by atoms with Crippen LogP contribution < -0.4 is 0 Å². The minimum atomic E-state index is -2.69.